The highest BCUT2D eigenvalue weighted by atomic mass is 35.5. The minimum atomic E-state index is -0.440. The van der Waals surface area contributed by atoms with Crippen molar-refractivity contribution in [1.82, 2.24) is 19.7 Å². The van der Waals surface area contributed by atoms with E-state index in [-0.39, 0.29) is 17.5 Å². The quantitative estimate of drug-likeness (QED) is 0.383. The van der Waals surface area contributed by atoms with Crippen LogP contribution < -0.4 is 10.1 Å². The lowest BCUT2D eigenvalue weighted by atomic mass is 10.3. The standard InChI is InChI=1S/C20H19ClFN5O2S/c1-3-10-27-19(13(2)29-16-7-5-15(22)6-8-16)25-26-20(27)30-12-18(28)24-17-9-4-14(21)11-23-17/h3-9,11,13H,1,10,12H2,2H3,(H,23,24,28). The van der Waals surface area contributed by atoms with Gasteiger partial charge >= 0.3 is 0 Å². The Morgan fingerprint density at radius 1 is 1.33 bits per heavy atom. The highest BCUT2D eigenvalue weighted by Crippen LogP contribution is 2.25. The van der Waals surface area contributed by atoms with Gasteiger partial charge in [-0.15, -0.1) is 16.8 Å². The molecule has 1 N–H and O–H groups in total. The van der Waals surface area contributed by atoms with Gasteiger partial charge in [-0.1, -0.05) is 29.4 Å². The van der Waals surface area contributed by atoms with Crippen molar-refractivity contribution >= 4 is 35.1 Å². The van der Waals surface area contributed by atoms with Crippen LogP contribution in [0.4, 0.5) is 10.2 Å². The summed E-state index contributed by atoms with van der Waals surface area (Å²) < 4.78 is 20.7. The molecular weight excluding hydrogens is 429 g/mol. The van der Waals surface area contributed by atoms with Crippen molar-refractivity contribution in [2.24, 2.45) is 0 Å². The Balaban J connectivity index is 1.65. The number of nitrogens with zero attached hydrogens (tertiary/aromatic N) is 4. The van der Waals surface area contributed by atoms with E-state index in [4.69, 9.17) is 16.3 Å². The van der Waals surface area contributed by atoms with E-state index in [0.717, 1.165) is 0 Å². The zero-order valence-corrected chi connectivity index (χ0v) is 17.7. The molecule has 0 saturated heterocycles. The van der Waals surface area contributed by atoms with Crippen LogP contribution in [0.3, 0.4) is 0 Å². The van der Waals surface area contributed by atoms with Crippen LogP contribution in [0.2, 0.25) is 5.02 Å². The van der Waals surface area contributed by atoms with Crippen LogP contribution >= 0.6 is 23.4 Å². The first-order valence-corrected chi connectivity index (χ1v) is 10.3. The first-order chi connectivity index (χ1) is 14.5. The van der Waals surface area contributed by atoms with Crippen molar-refractivity contribution in [2.75, 3.05) is 11.1 Å². The highest BCUT2D eigenvalue weighted by Gasteiger charge is 2.20. The number of hydrogen-bond donors (Lipinski definition) is 1. The number of pyridine rings is 1. The number of ether oxygens (including phenoxy) is 1. The topological polar surface area (TPSA) is 81.9 Å². The summed E-state index contributed by atoms with van der Waals surface area (Å²) in [5.74, 6) is 1.05. The van der Waals surface area contributed by atoms with Gasteiger partial charge in [0.25, 0.3) is 0 Å². The molecule has 1 unspecified atom stereocenters. The molecule has 10 heteroatoms. The molecule has 0 spiro atoms. The van der Waals surface area contributed by atoms with Crippen LogP contribution in [0.15, 0.2) is 60.4 Å². The number of hydrogen-bond acceptors (Lipinski definition) is 6. The van der Waals surface area contributed by atoms with E-state index in [1.54, 1.807) is 30.3 Å². The Kier molecular flexibility index (Phi) is 7.42. The third kappa shape index (κ3) is 5.80. The number of aromatic nitrogens is 4. The van der Waals surface area contributed by atoms with E-state index in [0.29, 0.717) is 34.1 Å². The monoisotopic (exact) mass is 447 g/mol. The van der Waals surface area contributed by atoms with Crippen molar-refractivity contribution in [3.05, 3.63) is 71.9 Å². The average molecular weight is 448 g/mol. The molecule has 0 saturated carbocycles. The fourth-order valence-electron chi connectivity index (χ4n) is 2.54. The second-order valence-corrected chi connectivity index (χ2v) is 7.53. The molecule has 0 bridgehead atoms. The SMILES string of the molecule is C=CCn1c(SCC(=O)Nc2ccc(Cl)cn2)nnc1C(C)Oc1ccc(F)cc1. The van der Waals surface area contributed by atoms with Crippen LogP contribution in [0, 0.1) is 5.82 Å². The van der Waals surface area contributed by atoms with E-state index in [9.17, 15) is 9.18 Å². The Hall–Kier alpha value is -2.91. The van der Waals surface area contributed by atoms with E-state index < -0.39 is 6.10 Å². The van der Waals surface area contributed by atoms with Crippen molar-refractivity contribution in [1.29, 1.82) is 0 Å². The molecule has 1 atom stereocenters. The van der Waals surface area contributed by atoms with Crippen molar-refractivity contribution in [3.63, 3.8) is 0 Å². The first kappa shape index (κ1) is 21.8. The molecular formula is C20H19ClFN5O2S. The molecule has 0 fully saturated rings. The van der Waals surface area contributed by atoms with Crippen LogP contribution in [0.1, 0.15) is 18.9 Å². The lowest BCUT2D eigenvalue weighted by Crippen LogP contribution is -2.16. The van der Waals surface area contributed by atoms with E-state index >= 15 is 0 Å². The lowest BCUT2D eigenvalue weighted by molar-refractivity contribution is -0.113. The number of nitrogens with one attached hydrogen (secondary N) is 1. The van der Waals surface area contributed by atoms with Gasteiger partial charge in [0, 0.05) is 12.7 Å². The summed E-state index contributed by atoms with van der Waals surface area (Å²) in [4.78, 5) is 16.2. The van der Waals surface area contributed by atoms with Gasteiger partial charge in [-0.3, -0.25) is 9.36 Å². The fourth-order valence-corrected chi connectivity index (χ4v) is 3.40. The second kappa shape index (κ2) is 10.2. The van der Waals surface area contributed by atoms with Gasteiger partial charge in [0.05, 0.1) is 10.8 Å². The molecule has 0 aliphatic rings. The first-order valence-electron chi connectivity index (χ1n) is 8.96. The molecule has 3 rings (SSSR count). The van der Waals surface area contributed by atoms with Gasteiger partial charge < -0.3 is 10.1 Å². The number of amides is 1. The third-order valence-electron chi connectivity index (χ3n) is 3.87. The van der Waals surface area contributed by atoms with E-state index in [2.05, 4.69) is 27.1 Å². The summed E-state index contributed by atoms with van der Waals surface area (Å²) in [5, 5.41) is 12.1. The number of allylic oxidation sites excluding steroid dienone is 1. The highest BCUT2D eigenvalue weighted by molar-refractivity contribution is 7.99. The second-order valence-electron chi connectivity index (χ2n) is 6.15. The number of carbonyl (C=O) groups excluding carboxylic acids is 1. The molecule has 3 aromatic rings. The van der Waals surface area contributed by atoms with Crippen molar-refractivity contribution in [3.8, 4) is 5.75 Å². The van der Waals surface area contributed by atoms with Gasteiger partial charge in [0.2, 0.25) is 5.91 Å². The number of thioether (sulfide) groups is 1. The number of anilines is 1. The van der Waals surface area contributed by atoms with Gasteiger partial charge in [-0.25, -0.2) is 9.37 Å². The molecule has 1 amide bonds. The number of halogens is 2. The summed E-state index contributed by atoms with van der Waals surface area (Å²) in [5.41, 5.74) is 0. The van der Waals surface area contributed by atoms with E-state index in [1.165, 1.54) is 30.1 Å². The van der Waals surface area contributed by atoms with Gasteiger partial charge in [-0.2, -0.15) is 0 Å². The normalized spacial score (nSPS) is 11.7. The van der Waals surface area contributed by atoms with Crippen LogP contribution in [0.25, 0.3) is 0 Å². The number of carbonyl (C=O) groups is 1. The maximum Gasteiger partial charge on any atom is 0.236 e. The van der Waals surface area contributed by atoms with Crippen LogP contribution in [-0.2, 0) is 11.3 Å². The summed E-state index contributed by atoms with van der Waals surface area (Å²) >= 11 is 7.02. The van der Waals surface area contributed by atoms with Gasteiger partial charge in [-0.05, 0) is 43.3 Å². The molecule has 0 radical (unpaired) electrons. The minimum absolute atomic E-state index is 0.118. The Bertz CT molecular complexity index is 1010. The molecule has 1 aromatic carbocycles. The molecule has 30 heavy (non-hydrogen) atoms. The lowest BCUT2D eigenvalue weighted by Gasteiger charge is -2.15. The van der Waals surface area contributed by atoms with Crippen molar-refractivity contribution in [2.45, 2.75) is 24.7 Å². The maximum absolute atomic E-state index is 13.1. The molecule has 7 nitrogen and oxygen atoms in total. The van der Waals surface area contributed by atoms with E-state index in [1.807, 2.05) is 11.5 Å². The van der Waals surface area contributed by atoms with Crippen molar-refractivity contribution < 1.29 is 13.9 Å². The number of rotatable bonds is 9. The van der Waals surface area contributed by atoms with Gasteiger partial charge in [0.15, 0.2) is 17.1 Å². The zero-order valence-electron chi connectivity index (χ0n) is 16.1. The summed E-state index contributed by atoms with van der Waals surface area (Å²) in [6.07, 6.45) is 2.73. The predicted octanol–water partition coefficient (Wildman–Crippen LogP) is 4.52. The molecule has 2 heterocycles. The predicted molar refractivity (Wildman–Crippen MR) is 114 cm³/mol. The molecule has 0 aliphatic heterocycles. The largest absolute Gasteiger partial charge is 0.483 e. The van der Waals surface area contributed by atoms with Crippen LogP contribution in [0.5, 0.6) is 5.75 Å². The van der Waals surface area contributed by atoms with Crippen LogP contribution in [-0.4, -0.2) is 31.4 Å². The van der Waals surface area contributed by atoms with Gasteiger partial charge in [0.1, 0.15) is 17.4 Å². The summed E-state index contributed by atoms with van der Waals surface area (Å²) in [6, 6.07) is 9.01. The Morgan fingerprint density at radius 3 is 2.77 bits per heavy atom. The zero-order chi connectivity index (χ0) is 21.5. The Labute approximate surface area is 182 Å². The smallest absolute Gasteiger partial charge is 0.236 e. The average Bonchev–Trinajstić information content (AvgIpc) is 3.13. The number of benzene rings is 1. The summed E-state index contributed by atoms with van der Waals surface area (Å²) in [6.45, 7) is 6.03. The third-order valence-corrected chi connectivity index (χ3v) is 5.06. The fraction of sp³-hybridized carbons (Fsp3) is 0.200. The molecule has 2 aromatic heterocycles. The Morgan fingerprint density at radius 2 is 2.10 bits per heavy atom. The molecule has 156 valence electrons. The minimum Gasteiger partial charge on any atom is -0.483 e. The summed E-state index contributed by atoms with van der Waals surface area (Å²) in [7, 11) is 0. The molecule has 0 aliphatic carbocycles. The maximum atomic E-state index is 13.1.